The number of nitrogens with zero attached hydrogens (tertiary/aromatic N) is 1. The molecular formula is C29H19NO2. The standard InChI is InChI=1S/C29H19NO2/c1-3-11-20(12-4-1)22-15-7-8-16-23(22)27-24-17-9-10-18-25(24)28(32-27)26-19-30-29(31-26)21-13-5-2-6-14-21/h1-19H. The van der Waals surface area contributed by atoms with E-state index in [4.69, 9.17) is 8.83 Å². The number of fused-ring (bicyclic) bond motifs is 1. The lowest BCUT2D eigenvalue weighted by molar-refractivity contribution is 0.538. The average molecular weight is 413 g/mol. The molecule has 3 nitrogen and oxygen atoms in total. The molecule has 0 aliphatic carbocycles. The lowest BCUT2D eigenvalue weighted by Gasteiger charge is -2.08. The van der Waals surface area contributed by atoms with Gasteiger partial charge in [0, 0.05) is 21.9 Å². The molecule has 0 unspecified atom stereocenters. The van der Waals surface area contributed by atoms with Gasteiger partial charge in [-0.1, -0.05) is 97.1 Å². The zero-order valence-corrected chi connectivity index (χ0v) is 17.2. The molecule has 6 rings (SSSR count). The molecule has 0 spiro atoms. The summed E-state index contributed by atoms with van der Waals surface area (Å²) in [7, 11) is 0. The summed E-state index contributed by atoms with van der Waals surface area (Å²) in [4.78, 5) is 4.49. The highest BCUT2D eigenvalue weighted by molar-refractivity contribution is 6.04. The van der Waals surface area contributed by atoms with Crippen LogP contribution < -0.4 is 0 Å². The Morgan fingerprint density at radius 2 is 1.03 bits per heavy atom. The van der Waals surface area contributed by atoms with Crippen molar-refractivity contribution in [3.05, 3.63) is 115 Å². The molecule has 0 fully saturated rings. The van der Waals surface area contributed by atoms with Gasteiger partial charge < -0.3 is 8.83 Å². The highest BCUT2D eigenvalue weighted by atomic mass is 16.4. The van der Waals surface area contributed by atoms with Gasteiger partial charge in [-0.2, -0.15) is 0 Å². The second-order valence-corrected chi connectivity index (χ2v) is 7.61. The van der Waals surface area contributed by atoms with Gasteiger partial charge in [-0.25, -0.2) is 4.98 Å². The van der Waals surface area contributed by atoms with Gasteiger partial charge in [-0.05, 0) is 23.3 Å². The van der Waals surface area contributed by atoms with Crippen LogP contribution in [-0.2, 0) is 0 Å². The van der Waals surface area contributed by atoms with E-state index in [0.717, 1.165) is 38.8 Å². The first kappa shape index (κ1) is 18.4. The van der Waals surface area contributed by atoms with E-state index >= 15 is 0 Å². The van der Waals surface area contributed by atoms with Crippen molar-refractivity contribution in [2.75, 3.05) is 0 Å². The molecule has 0 saturated carbocycles. The summed E-state index contributed by atoms with van der Waals surface area (Å²) in [6.45, 7) is 0. The van der Waals surface area contributed by atoms with Crippen molar-refractivity contribution < 1.29 is 8.83 Å². The second-order valence-electron chi connectivity index (χ2n) is 7.61. The number of rotatable bonds is 4. The Morgan fingerprint density at radius 3 is 1.75 bits per heavy atom. The lowest BCUT2D eigenvalue weighted by atomic mass is 9.96. The SMILES string of the molecule is c1ccc(-c2ncc(-c3oc(-c4ccccc4-c4ccccc4)c4ccccc34)o2)cc1. The Labute approximate surface area is 185 Å². The Balaban J connectivity index is 1.54. The van der Waals surface area contributed by atoms with E-state index < -0.39 is 0 Å². The van der Waals surface area contributed by atoms with Gasteiger partial charge in [0.05, 0.1) is 6.20 Å². The smallest absolute Gasteiger partial charge is 0.226 e. The Bertz CT molecular complexity index is 1510. The van der Waals surface area contributed by atoms with Crippen LogP contribution in [0.5, 0.6) is 0 Å². The molecule has 152 valence electrons. The summed E-state index contributed by atoms with van der Waals surface area (Å²) in [6.07, 6.45) is 1.74. The molecule has 0 radical (unpaired) electrons. The van der Waals surface area contributed by atoms with Crippen LogP contribution in [0.4, 0.5) is 0 Å². The molecule has 0 N–H and O–H groups in total. The Kier molecular flexibility index (Phi) is 4.43. The van der Waals surface area contributed by atoms with Crippen molar-refractivity contribution in [3.63, 3.8) is 0 Å². The maximum Gasteiger partial charge on any atom is 0.226 e. The molecular weight excluding hydrogens is 394 g/mol. The van der Waals surface area contributed by atoms with Gasteiger partial charge >= 0.3 is 0 Å². The van der Waals surface area contributed by atoms with E-state index in [2.05, 4.69) is 59.6 Å². The molecule has 0 aliphatic rings. The first-order valence-corrected chi connectivity index (χ1v) is 10.6. The zero-order valence-electron chi connectivity index (χ0n) is 17.2. The molecule has 0 saturated heterocycles. The first-order chi connectivity index (χ1) is 15.9. The van der Waals surface area contributed by atoms with Gasteiger partial charge in [0.15, 0.2) is 11.5 Å². The molecule has 0 bridgehead atoms. The second kappa shape index (κ2) is 7.71. The Morgan fingerprint density at radius 1 is 0.469 bits per heavy atom. The average Bonchev–Trinajstić information content (AvgIpc) is 3.51. The highest BCUT2D eigenvalue weighted by Gasteiger charge is 2.21. The maximum atomic E-state index is 6.51. The van der Waals surface area contributed by atoms with Crippen LogP contribution in [-0.4, -0.2) is 4.98 Å². The third kappa shape index (κ3) is 3.12. The quantitative estimate of drug-likeness (QED) is 0.293. The monoisotopic (exact) mass is 413 g/mol. The maximum absolute atomic E-state index is 6.51. The fourth-order valence-electron chi connectivity index (χ4n) is 4.12. The van der Waals surface area contributed by atoms with Crippen molar-refractivity contribution in [1.82, 2.24) is 4.98 Å². The fraction of sp³-hybridized carbons (Fsp3) is 0. The van der Waals surface area contributed by atoms with Gasteiger partial charge in [-0.15, -0.1) is 0 Å². The number of furan rings is 1. The number of hydrogen-bond donors (Lipinski definition) is 0. The molecule has 2 heterocycles. The van der Waals surface area contributed by atoms with Crippen LogP contribution in [0.3, 0.4) is 0 Å². The third-order valence-corrected chi connectivity index (χ3v) is 5.63. The van der Waals surface area contributed by atoms with E-state index in [-0.39, 0.29) is 0 Å². The topological polar surface area (TPSA) is 39.2 Å². The third-order valence-electron chi connectivity index (χ3n) is 5.63. The summed E-state index contributed by atoms with van der Waals surface area (Å²) in [5.74, 6) is 2.71. The van der Waals surface area contributed by atoms with E-state index in [1.54, 1.807) is 6.20 Å². The van der Waals surface area contributed by atoms with Crippen LogP contribution in [0, 0.1) is 0 Å². The van der Waals surface area contributed by atoms with E-state index in [1.807, 2.05) is 54.6 Å². The first-order valence-electron chi connectivity index (χ1n) is 10.6. The van der Waals surface area contributed by atoms with E-state index in [9.17, 15) is 0 Å². The number of oxazole rings is 1. The highest BCUT2D eigenvalue weighted by Crippen LogP contribution is 2.42. The van der Waals surface area contributed by atoms with Crippen LogP contribution >= 0.6 is 0 Å². The van der Waals surface area contributed by atoms with Crippen LogP contribution in [0.15, 0.2) is 124 Å². The van der Waals surface area contributed by atoms with Gasteiger partial charge in [0.25, 0.3) is 0 Å². The predicted octanol–water partition coefficient (Wildman–Crippen LogP) is 8.09. The molecule has 0 amide bonds. The van der Waals surface area contributed by atoms with Crippen LogP contribution in [0.2, 0.25) is 0 Å². The number of hydrogen-bond acceptors (Lipinski definition) is 3. The van der Waals surface area contributed by atoms with Crippen LogP contribution in [0.1, 0.15) is 0 Å². The minimum atomic E-state index is 0.576. The summed E-state index contributed by atoms with van der Waals surface area (Å²) in [5, 5.41) is 2.05. The van der Waals surface area contributed by atoms with Gasteiger partial charge in [0.2, 0.25) is 5.89 Å². The molecule has 32 heavy (non-hydrogen) atoms. The minimum absolute atomic E-state index is 0.576. The largest absolute Gasteiger partial charge is 0.451 e. The fourth-order valence-corrected chi connectivity index (χ4v) is 4.12. The lowest BCUT2D eigenvalue weighted by Crippen LogP contribution is -1.83. The minimum Gasteiger partial charge on any atom is -0.451 e. The summed E-state index contributed by atoms with van der Waals surface area (Å²) >= 11 is 0. The number of benzene rings is 4. The van der Waals surface area contributed by atoms with E-state index in [0.29, 0.717) is 17.4 Å². The molecule has 2 aromatic heterocycles. The molecule has 0 aliphatic heterocycles. The molecule has 6 aromatic rings. The molecule has 0 atom stereocenters. The Hall–Kier alpha value is -4.37. The summed E-state index contributed by atoms with van der Waals surface area (Å²) in [6, 6.07) is 36.8. The molecule has 4 aromatic carbocycles. The van der Waals surface area contributed by atoms with Crippen LogP contribution in [0.25, 0.3) is 56.2 Å². The zero-order chi connectivity index (χ0) is 21.3. The predicted molar refractivity (Wildman–Crippen MR) is 128 cm³/mol. The van der Waals surface area contributed by atoms with Crippen molar-refractivity contribution in [1.29, 1.82) is 0 Å². The molecule has 3 heteroatoms. The van der Waals surface area contributed by atoms with Crippen molar-refractivity contribution in [3.8, 4) is 45.4 Å². The summed E-state index contributed by atoms with van der Waals surface area (Å²) in [5.41, 5.74) is 4.26. The summed E-state index contributed by atoms with van der Waals surface area (Å²) < 4.78 is 12.6. The van der Waals surface area contributed by atoms with Crippen molar-refractivity contribution in [2.24, 2.45) is 0 Å². The van der Waals surface area contributed by atoms with E-state index in [1.165, 1.54) is 0 Å². The van der Waals surface area contributed by atoms with Gasteiger partial charge in [0.1, 0.15) is 5.76 Å². The van der Waals surface area contributed by atoms with Crippen molar-refractivity contribution >= 4 is 10.8 Å². The number of aromatic nitrogens is 1. The van der Waals surface area contributed by atoms with Gasteiger partial charge in [-0.3, -0.25) is 0 Å². The normalized spacial score (nSPS) is 11.1. The van der Waals surface area contributed by atoms with Crippen molar-refractivity contribution in [2.45, 2.75) is 0 Å².